The molecule has 3 aromatic rings. The number of hydrogen-bond donors (Lipinski definition) is 3. The number of alkyl halides is 3. The third-order valence-corrected chi connectivity index (χ3v) is 8.68. The summed E-state index contributed by atoms with van der Waals surface area (Å²) in [5, 5.41) is 15.6. The lowest BCUT2D eigenvalue weighted by atomic mass is 10.0. The first kappa shape index (κ1) is 24.9. The maximum Gasteiger partial charge on any atom is 0.452 e. The first-order chi connectivity index (χ1) is 16.4. The van der Waals surface area contributed by atoms with Gasteiger partial charge in [-0.1, -0.05) is 29.4 Å². The van der Waals surface area contributed by atoms with Crippen LogP contribution in [0.25, 0.3) is 10.6 Å². The third kappa shape index (κ3) is 4.94. The minimum atomic E-state index is -4.74. The highest BCUT2D eigenvalue weighted by Crippen LogP contribution is 2.52. The number of hydrogen-bond acceptors (Lipinski definition) is 7. The number of amides is 1. The standard InChI is InChI=1S/C21H18F3N3O6S2/c1-25-17(28)8-11-2-4-12(5-3-11)13-10-20(13,19(29)30)27-35(31,32)18-7-6-15(34-18)14-9-16(33-26-14)21(22,23)24/h2-7,9,13,27H,8,10H2,1H3,(H,25,28)(H,29,30)/t13-,20+/m0/s1. The Morgan fingerprint density at radius 1 is 1.23 bits per heavy atom. The molecule has 9 nitrogen and oxygen atoms in total. The smallest absolute Gasteiger partial charge is 0.452 e. The molecule has 2 atom stereocenters. The van der Waals surface area contributed by atoms with Gasteiger partial charge in [0.1, 0.15) is 15.4 Å². The number of carboxylic acids is 1. The Balaban J connectivity index is 1.53. The van der Waals surface area contributed by atoms with Gasteiger partial charge in [-0.05, 0) is 29.7 Å². The Morgan fingerprint density at radius 3 is 2.49 bits per heavy atom. The van der Waals surface area contributed by atoms with E-state index in [2.05, 4.69) is 19.7 Å². The molecule has 0 radical (unpaired) electrons. The lowest BCUT2D eigenvalue weighted by Gasteiger charge is -2.15. The molecule has 0 spiro atoms. The molecule has 4 rings (SSSR count). The largest absolute Gasteiger partial charge is 0.480 e. The number of nitrogens with zero attached hydrogens (tertiary/aromatic N) is 1. The molecule has 2 aromatic heterocycles. The SMILES string of the molecule is CNC(=O)Cc1ccc([C@@H]2C[C@]2(NS(=O)(=O)c2ccc(-c3cc(C(F)(F)F)on3)s2)C(=O)O)cc1. The summed E-state index contributed by atoms with van der Waals surface area (Å²) in [7, 11) is -2.81. The van der Waals surface area contributed by atoms with Gasteiger partial charge < -0.3 is 14.9 Å². The number of halogens is 3. The quantitative estimate of drug-likeness (QED) is 0.408. The first-order valence-electron chi connectivity index (χ1n) is 10.1. The van der Waals surface area contributed by atoms with Crippen LogP contribution in [0.2, 0.25) is 0 Å². The van der Waals surface area contributed by atoms with E-state index in [9.17, 15) is 36.3 Å². The van der Waals surface area contributed by atoms with Crippen molar-refractivity contribution in [3.63, 3.8) is 0 Å². The van der Waals surface area contributed by atoms with Crippen LogP contribution in [-0.2, 0) is 32.2 Å². The van der Waals surface area contributed by atoms with E-state index < -0.39 is 39.4 Å². The minimum absolute atomic E-state index is 0.00676. The van der Waals surface area contributed by atoms with Gasteiger partial charge in [-0.25, -0.2) is 8.42 Å². The fourth-order valence-corrected chi connectivity index (χ4v) is 6.28. The number of thiophene rings is 1. The van der Waals surface area contributed by atoms with Crippen LogP contribution < -0.4 is 10.0 Å². The molecule has 186 valence electrons. The molecule has 1 aromatic carbocycles. The van der Waals surface area contributed by atoms with E-state index in [1.165, 1.54) is 13.1 Å². The number of carbonyl (C=O) groups excluding carboxylic acids is 1. The van der Waals surface area contributed by atoms with Crippen LogP contribution in [0.15, 0.2) is 51.2 Å². The van der Waals surface area contributed by atoms with Crippen molar-refractivity contribution in [1.82, 2.24) is 15.2 Å². The third-order valence-electron chi connectivity index (χ3n) is 5.57. The second kappa shape index (κ2) is 8.77. The van der Waals surface area contributed by atoms with E-state index in [-0.39, 0.29) is 33.5 Å². The molecule has 0 unspecified atom stereocenters. The molecule has 35 heavy (non-hydrogen) atoms. The maximum atomic E-state index is 13.0. The minimum Gasteiger partial charge on any atom is -0.480 e. The Hall–Kier alpha value is -3.23. The van der Waals surface area contributed by atoms with Gasteiger partial charge in [0.15, 0.2) is 0 Å². The molecule has 1 aliphatic carbocycles. The molecule has 0 saturated heterocycles. The molecule has 2 heterocycles. The predicted octanol–water partition coefficient (Wildman–Crippen LogP) is 3.00. The molecule has 14 heteroatoms. The number of likely N-dealkylation sites (N-methyl/N-ethyl adjacent to an activating group) is 1. The van der Waals surface area contributed by atoms with Crippen molar-refractivity contribution in [1.29, 1.82) is 0 Å². The topological polar surface area (TPSA) is 139 Å². The molecular formula is C21H18F3N3O6S2. The summed E-state index contributed by atoms with van der Waals surface area (Å²) >= 11 is 0.633. The lowest BCUT2D eigenvalue weighted by molar-refractivity contribution is -0.155. The zero-order chi connectivity index (χ0) is 25.6. The normalized spacial score (nSPS) is 19.9. The van der Waals surface area contributed by atoms with Gasteiger partial charge in [-0.3, -0.25) is 9.59 Å². The van der Waals surface area contributed by atoms with Crippen molar-refractivity contribution in [3.05, 3.63) is 59.4 Å². The van der Waals surface area contributed by atoms with E-state index >= 15 is 0 Å². The maximum absolute atomic E-state index is 13.0. The number of rotatable bonds is 8. The summed E-state index contributed by atoms with van der Waals surface area (Å²) < 4.78 is 70.4. The van der Waals surface area contributed by atoms with Gasteiger partial charge in [0.2, 0.25) is 11.7 Å². The van der Waals surface area contributed by atoms with Crippen molar-refractivity contribution in [2.45, 2.75) is 34.7 Å². The van der Waals surface area contributed by atoms with Crippen LogP contribution in [0.5, 0.6) is 0 Å². The number of aliphatic carboxylic acids is 1. The Labute approximate surface area is 201 Å². The molecule has 0 bridgehead atoms. The van der Waals surface area contributed by atoms with Crippen LogP contribution >= 0.6 is 11.3 Å². The highest BCUT2D eigenvalue weighted by Gasteiger charge is 2.63. The van der Waals surface area contributed by atoms with Gasteiger partial charge in [0.05, 0.1) is 11.3 Å². The van der Waals surface area contributed by atoms with Crippen molar-refractivity contribution in [2.75, 3.05) is 7.05 Å². The van der Waals surface area contributed by atoms with E-state index in [0.29, 0.717) is 28.5 Å². The van der Waals surface area contributed by atoms with Crippen LogP contribution in [0.4, 0.5) is 13.2 Å². The highest BCUT2D eigenvalue weighted by atomic mass is 32.2. The zero-order valence-electron chi connectivity index (χ0n) is 17.9. The van der Waals surface area contributed by atoms with E-state index in [0.717, 1.165) is 6.07 Å². The average molecular weight is 530 g/mol. The number of carbonyl (C=O) groups is 2. The fourth-order valence-electron chi connectivity index (χ4n) is 3.62. The van der Waals surface area contributed by atoms with Crippen molar-refractivity contribution >= 4 is 33.2 Å². The summed E-state index contributed by atoms with van der Waals surface area (Å²) in [6.45, 7) is 0. The van der Waals surface area contributed by atoms with Gasteiger partial charge in [0, 0.05) is 19.0 Å². The Kier molecular flexibility index (Phi) is 6.23. The van der Waals surface area contributed by atoms with Crippen LogP contribution in [0.1, 0.15) is 29.2 Å². The summed E-state index contributed by atoms with van der Waals surface area (Å²) in [6.07, 6.45) is -4.59. The Bertz CT molecular complexity index is 1380. The first-order valence-corrected chi connectivity index (χ1v) is 12.4. The number of sulfonamides is 1. The van der Waals surface area contributed by atoms with E-state index in [1.54, 1.807) is 24.3 Å². The van der Waals surface area contributed by atoms with Gasteiger partial charge >= 0.3 is 12.1 Å². The molecule has 1 fully saturated rings. The Morgan fingerprint density at radius 2 is 1.91 bits per heavy atom. The molecule has 3 N–H and O–H groups in total. The number of nitrogens with one attached hydrogen (secondary N) is 2. The molecule has 0 aliphatic heterocycles. The summed E-state index contributed by atoms with van der Waals surface area (Å²) in [5.41, 5.74) is -0.673. The van der Waals surface area contributed by atoms with Gasteiger partial charge in [-0.2, -0.15) is 17.9 Å². The lowest BCUT2D eigenvalue weighted by Crippen LogP contribution is -2.44. The van der Waals surface area contributed by atoms with Crippen molar-refractivity contribution in [3.8, 4) is 10.6 Å². The van der Waals surface area contributed by atoms with E-state index in [4.69, 9.17) is 0 Å². The second-order valence-corrected chi connectivity index (χ2v) is 10.9. The van der Waals surface area contributed by atoms with Crippen molar-refractivity contribution in [2.24, 2.45) is 0 Å². The highest BCUT2D eigenvalue weighted by molar-refractivity contribution is 7.91. The van der Waals surface area contributed by atoms with E-state index in [1.807, 2.05) is 0 Å². The summed E-state index contributed by atoms with van der Waals surface area (Å²) in [4.78, 5) is 23.7. The zero-order valence-corrected chi connectivity index (χ0v) is 19.6. The molecule has 1 amide bonds. The number of benzene rings is 1. The molecule has 1 aliphatic rings. The number of carboxylic acid groups (broad SMARTS) is 1. The fraction of sp³-hybridized carbons (Fsp3) is 0.286. The van der Waals surface area contributed by atoms with Crippen molar-refractivity contribution < 1.29 is 40.8 Å². The predicted molar refractivity (Wildman–Crippen MR) is 117 cm³/mol. The summed E-state index contributed by atoms with van der Waals surface area (Å²) in [6, 6.07) is 9.71. The molecular weight excluding hydrogens is 511 g/mol. The average Bonchev–Trinajstić information content (AvgIpc) is 3.15. The van der Waals surface area contributed by atoms with Crippen LogP contribution in [0, 0.1) is 0 Å². The van der Waals surface area contributed by atoms with Gasteiger partial charge in [0.25, 0.3) is 10.0 Å². The second-order valence-electron chi connectivity index (χ2n) is 7.92. The van der Waals surface area contributed by atoms with Crippen LogP contribution in [-0.4, -0.2) is 43.1 Å². The molecule has 1 saturated carbocycles. The monoisotopic (exact) mass is 529 g/mol. The summed E-state index contributed by atoms with van der Waals surface area (Å²) in [5.74, 6) is -3.51. The van der Waals surface area contributed by atoms with Crippen LogP contribution in [0.3, 0.4) is 0 Å². The van der Waals surface area contributed by atoms with Gasteiger partial charge in [-0.15, -0.1) is 11.3 Å². The number of aromatic nitrogens is 1.